The molecule has 1 unspecified atom stereocenters. The Morgan fingerprint density at radius 1 is 1.32 bits per heavy atom. The first-order chi connectivity index (χ1) is 17.8. The molecule has 0 saturated carbocycles. The van der Waals surface area contributed by atoms with E-state index in [1.165, 1.54) is 7.11 Å². The SMILES string of the molecule is CCOC(=O)C1=C(COCCNCc2no[n+]([O-])c2C#N)NC(C)=C(C(=O)OC)C1c1ccccc1Cl. The summed E-state index contributed by atoms with van der Waals surface area (Å²) in [5, 5.41) is 30.3. The van der Waals surface area contributed by atoms with E-state index in [-0.39, 0.29) is 53.8 Å². The van der Waals surface area contributed by atoms with Crippen molar-refractivity contribution in [3.8, 4) is 6.07 Å². The van der Waals surface area contributed by atoms with Crippen LogP contribution in [0.3, 0.4) is 0 Å². The number of rotatable bonds is 11. The molecule has 37 heavy (non-hydrogen) atoms. The van der Waals surface area contributed by atoms with Gasteiger partial charge in [0.2, 0.25) is 5.69 Å². The normalized spacial score (nSPS) is 15.3. The summed E-state index contributed by atoms with van der Waals surface area (Å²) in [6.07, 6.45) is 0. The number of hydrogen-bond acceptors (Lipinski definition) is 11. The second-order valence-corrected chi connectivity index (χ2v) is 8.20. The molecule has 0 aliphatic carbocycles. The highest BCUT2D eigenvalue weighted by molar-refractivity contribution is 6.31. The lowest BCUT2D eigenvalue weighted by Crippen LogP contribution is -2.35. The molecule has 0 radical (unpaired) electrons. The maximum Gasteiger partial charge on any atom is 0.336 e. The molecule has 0 saturated heterocycles. The predicted octanol–water partition coefficient (Wildman–Crippen LogP) is 1.59. The molecule has 13 heteroatoms. The number of nitrogens with one attached hydrogen (secondary N) is 2. The Labute approximate surface area is 217 Å². The third-order valence-corrected chi connectivity index (χ3v) is 5.85. The van der Waals surface area contributed by atoms with Crippen LogP contribution in [-0.4, -0.2) is 50.6 Å². The number of esters is 2. The van der Waals surface area contributed by atoms with E-state index in [9.17, 15) is 14.8 Å². The van der Waals surface area contributed by atoms with Crippen LogP contribution in [0, 0.1) is 16.5 Å². The van der Waals surface area contributed by atoms with Crippen molar-refractivity contribution in [3.05, 3.63) is 74.0 Å². The van der Waals surface area contributed by atoms with E-state index in [0.29, 0.717) is 28.5 Å². The number of allylic oxidation sites excluding steroid dienone is 1. The number of aromatic nitrogens is 2. The van der Waals surface area contributed by atoms with Gasteiger partial charge in [-0.3, -0.25) is 4.63 Å². The maximum absolute atomic E-state index is 13.1. The van der Waals surface area contributed by atoms with Crippen LogP contribution in [0.5, 0.6) is 0 Å². The Balaban J connectivity index is 1.81. The number of nitrogens with zero attached hydrogens (tertiary/aromatic N) is 3. The second-order valence-electron chi connectivity index (χ2n) is 7.79. The third kappa shape index (κ3) is 6.26. The third-order valence-electron chi connectivity index (χ3n) is 5.51. The highest BCUT2D eigenvalue weighted by Gasteiger charge is 2.39. The summed E-state index contributed by atoms with van der Waals surface area (Å²) in [6.45, 7) is 4.19. The van der Waals surface area contributed by atoms with Crippen LogP contribution in [0.25, 0.3) is 0 Å². The number of benzene rings is 1. The number of ether oxygens (including phenoxy) is 3. The molecule has 12 nitrogen and oxygen atoms in total. The van der Waals surface area contributed by atoms with Gasteiger partial charge in [-0.25, -0.2) is 9.59 Å². The molecule has 2 aromatic rings. The second kappa shape index (κ2) is 12.9. The minimum absolute atomic E-state index is 0.00343. The summed E-state index contributed by atoms with van der Waals surface area (Å²) in [4.78, 5) is 26.0. The van der Waals surface area contributed by atoms with Gasteiger partial charge in [0.15, 0.2) is 6.07 Å². The smallest absolute Gasteiger partial charge is 0.336 e. The lowest BCUT2D eigenvalue weighted by Gasteiger charge is -2.31. The number of nitriles is 1. The Bertz CT molecular complexity index is 1260. The van der Waals surface area contributed by atoms with Gasteiger partial charge in [-0.2, -0.15) is 5.26 Å². The highest BCUT2D eigenvalue weighted by Crippen LogP contribution is 2.41. The molecular formula is C24H26ClN5O7. The largest absolute Gasteiger partial charge is 0.466 e. The lowest BCUT2D eigenvalue weighted by atomic mass is 9.80. The van der Waals surface area contributed by atoms with Crippen molar-refractivity contribution < 1.29 is 33.3 Å². The molecule has 3 rings (SSSR count). The van der Waals surface area contributed by atoms with Gasteiger partial charge in [0.05, 0.1) is 56.2 Å². The van der Waals surface area contributed by atoms with Crippen LogP contribution >= 0.6 is 11.6 Å². The van der Waals surface area contributed by atoms with Gasteiger partial charge in [0.1, 0.15) is 0 Å². The van der Waals surface area contributed by atoms with Crippen molar-refractivity contribution in [2.75, 3.05) is 33.5 Å². The molecule has 1 aliphatic rings. The van der Waals surface area contributed by atoms with Crippen molar-refractivity contribution >= 4 is 23.5 Å². The number of halogens is 1. The molecule has 0 amide bonds. The number of carbonyl (C=O) groups is 2. The molecule has 1 aromatic heterocycles. The van der Waals surface area contributed by atoms with Crippen LogP contribution < -0.4 is 15.5 Å². The summed E-state index contributed by atoms with van der Waals surface area (Å²) >= 11 is 6.49. The molecule has 1 aromatic carbocycles. The molecule has 1 atom stereocenters. The minimum Gasteiger partial charge on any atom is -0.466 e. The van der Waals surface area contributed by atoms with Gasteiger partial charge in [-0.05, 0) is 30.4 Å². The van der Waals surface area contributed by atoms with Gasteiger partial charge in [0.25, 0.3) is 5.69 Å². The van der Waals surface area contributed by atoms with E-state index in [4.69, 9.17) is 31.1 Å². The summed E-state index contributed by atoms with van der Waals surface area (Å²) < 4.78 is 20.5. The molecule has 0 fully saturated rings. The Hall–Kier alpha value is -3.92. The predicted molar refractivity (Wildman–Crippen MR) is 128 cm³/mol. The average Bonchev–Trinajstić information content (AvgIpc) is 3.24. The average molecular weight is 532 g/mol. The fraction of sp³-hybridized carbons (Fsp3) is 0.375. The number of methoxy groups -OCH3 is 1. The van der Waals surface area contributed by atoms with Gasteiger partial charge in [0, 0.05) is 22.4 Å². The van der Waals surface area contributed by atoms with Crippen molar-refractivity contribution in [2.45, 2.75) is 26.3 Å². The van der Waals surface area contributed by atoms with Crippen LogP contribution in [0.15, 0.2) is 51.4 Å². The number of carbonyl (C=O) groups excluding carboxylic acids is 2. The molecule has 2 N–H and O–H groups in total. The first-order valence-corrected chi connectivity index (χ1v) is 11.7. The molecule has 0 bridgehead atoms. The van der Waals surface area contributed by atoms with Gasteiger partial charge in [-0.15, -0.1) is 0 Å². The zero-order valence-corrected chi connectivity index (χ0v) is 21.3. The Morgan fingerprint density at radius 3 is 2.76 bits per heavy atom. The van der Waals surface area contributed by atoms with E-state index in [1.54, 1.807) is 44.2 Å². The first kappa shape index (κ1) is 27.7. The number of dihydropyridines is 1. The zero-order valence-electron chi connectivity index (χ0n) is 20.5. The van der Waals surface area contributed by atoms with Crippen LogP contribution in [0.4, 0.5) is 0 Å². The minimum atomic E-state index is -0.839. The van der Waals surface area contributed by atoms with E-state index >= 15 is 0 Å². The lowest BCUT2D eigenvalue weighted by molar-refractivity contribution is -0.804. The fourth-order valence-electron chi connectivity index (χ4n) is 3.88. The molecule has 0 spiro atoms. The summed E-state index contributed by atoms with van der Waals surface area (Å²) in [7, 11) is 1.26. The fourth-order valence-corrected chi connectivity index (χ4v) is 4.13. The highest BCUT2D eigenvalue weighted by atomic mass is 35.5. The first-order valence-electron chi connectivity index (χ1n) is 11.3. The topological polar surface area (TPSA) is 163 Å². The number of hydrogen-bond donors (Lipinski definition) is 2. The summed E-state index contributed by atoms with van der Waals surface area (Å²) in [5.41, 5.74) is 1.84. The quantitative estimate of drug-likeness (QED) is 0.246. The standard InChI is InChI=1S/C24H26ClN5O7/c1-4-36-24(32)22-18(13-35-10-9-27-12-17-19(11-26)30(33)37-29-17)28-14(2)20(23(31)34-3)21(22)15-7-5-6-8-16(15)25/h5-8,21,27-28H,4,9-10,12-13H2,1-3H3. The van der Waals surface area contributed by atoms with Crippen molar-refractivity contribution in [1.82, 2.24) is 15.8 Å². The van der Waals surface area contributed by atoms with Crippen molar-refractivity contribution in [1.29, 1.82) is 5.26 Å². The van der Waals surface area contributed by atoms with Gasteiger partial charge in [-0.1, -0.05) is 29.8 Å². The van der Waals surface area contributed by atoms with E-state index < -0.39 is 17.9 Å². The summed E-state index contributed by atoms with van der Waals surface area (Å²) in [6, 6.07) is 8.65. The van der Waals surface area contributed by atoms with Gasteiger partial charge < -0.3 is 30.1 Å². The Kier molecular flexibility index (Phi) is 9.62. The molecule has 2 heterocycles. The van der Waals surface area contributed by atoms with Crippen molar-refractivity contribution in [2.24, 2.45) is 0 Å². The Morgan fingerprint density at radius 2 is 2.08 bits per heavy atom. The maximum atomic E-state index is 13.1. The molecule has 196 valence electrons. The van der Waals surface area contributed by atoms with Gasteiger partial charge >= 0.3 is 11.9 Å². The van der Waals surface area contributed by atoms with Crippen LogP contribution in [0.1, 0.15) is 36.7 Å². The summed E-state index contributed by atoms with van der Waals surface area (Å²) in [5.74, 6) is -2.06. The van der Waals surface area contributed by atoms with E-state index in [1.807, 2.05) is 0 Å². The van der Waals surface area contributed by atoms with Crippen LogP contribution in [0.2, 0.25) is 5.02 Å². The van der Waals surface area contributed by atoms with Crippen LogP contribution in [-0.2, 0) is 30.3 Å². The monoisotopic (exact) mass is 531 g/mol. The van der Waals surface area contributed by atoms with E-state index in [2.05, 4.69) is 20.4 Å². The molecular weight excluding hydrogens is 506 g/mol. The van der Waals surface area contributed by atoms with E-state index in [0.717, 1.165) is 0 Å². The van der Waals surface area contributed by atoms with Crippen molar-refractivity contribution in [3.63, 3.8) is 0 Å². The molecule has 1 aliphatic heterocycles. The zero-order chi connectivity index (χ0) is 26.9.